The molecule has 0 radical (unpaired) electrons. The lowest BCUT2D eigenvalue weighted by Gasteiger charge is -2.27. The normalized spacial score (nSPS) is 38.8. The summed E-state index contributed by atoms with van der Waals surface area (Å²) >= 11 is 0. The van der Waals surface area contributed by atoms with E-state index >= 15 is 0 Å². The highest BCUT2D eigenvalue weighted by atomic mass is 15.0. The van der Waals surface area contributed by atoms with Crippen LogP contribution in [0.3, 0.4) is 0 Å². The highest BCUT2D eigenvalue weighted by Gasteiger charge is 2.28. The van der Waals surface area contributed by atoms with Gasteiger partial charge in [0.2, 0.25) is 0 Å². The van der Waals surface area contributed by atoms with Crippen LogP contribution in [-0.2, 0) is 0 Å². The van der Waals surface area contributed by atoms with E-state index in [1.807, 2.05) is 0 Å². The van der Waals surface area contributed by atoms with Gasteiger partial charge in [-0.3, -0.25) is 0 Å². The maximum Gasteiger partial charge on any atom is 0.00984 e. The van der Waals surface area contributed by atoms with E-state index < -0.39 is 0 Å². The van der Waals surface area contributed by atoms with Gasteiger partial charge in [0.05, 0.1) is 0 Å². The first-order chi connectivity index (χ1) is 5.86. The Morgan fingerprint density at radius 3 is 2.42 bits per heavy atom. The molecule has 1 aliphatic carbocycles. The van der Waals surface area contributed by atoms with Crippen molar-refractivity contribution < 1.29 is 0 Å². The van der Waals surface area contributed by atoms with Crippen molar-refractivity contribution in [3.63, 3.8) is 0 Å². The van der Waals surface area contributed by atoms with Crippen LogP contribution in [0.25, 0.3) is 0 Å². The molecule has 1 heterocycles. The van der Waals surface area contributed by atoms with E-state index in [-0.39, 0.29) is 0 Å². The molecule has 1 aliphatic heterocycles. The first-order valence-electron chi connectivity index (χ1n) is 5.59. The summed E-state index contributed by atoms with van der Waals surface area (Å²) in [6.45, 7) is 3.64. The molecule has 1 saturated heterocycles. The van der Waals surface area contributed by atoms with Gasteiger partial charge in [-0.2, -0.15) is 0 Å². The van der Waals surface area contributed by atoms with E-state index in [9.17, 15) is 0 Å². The largest absolute Gasteiger partial charge is 0.313 e. The molecule has 1 N–H and O–H groups in total. The molecule has 0 aromatic carbocycles. The summed E-state index contributed by atoms with van der Waals surface area (Å²) in [5, 5.41) is 3.68. The minimum Gasteiger partial charge on any atom is -0.313 e. The van der Waals surface area contributed by atoms with Crippen molar-refractivity contribution in [1.82, 2.24) is 5.32 Å². The zero-order valence-electron chi connectivity index (χ0n) is 8.18. The van der Waals surface area contributed by atoms with Gasteiger partial charge >= 0.3 is 0 Å². The Morgan fingerprint density at radius 2 is 1.83 bits per heavy atom. The average Bonchev–Trinajstić information content (AvgIpc) is 2.54. The molecular weight excluding hydrogens is 146 g/mol. The molecule has 0 aromatic heterocycles. The van der Waals surface area contributed by atoms with Gasteiger partial charge in [-0.15, -0.1) is 0 Å². The second kappa shape index (κ2) is 3.78. The van der Waals surface area contributed by atoms with Gasteiger partial charge in [-0.1, -0.05) is 26.2 Å². The number of rotatable bonds is 1. The van der Waals surface area contributed by atoms with Gasteiger partial charge in [0.1, 0.15) is 0 Å². The topological polar surface area (TPSA) is 12.0 Å². The van der Waals surface area contributed by atoms with Crippen LogP contribution in [0.4, 0.5) is 0 Å². The molecule has 1 nitrogen and oxygen atoms in total. The van der Waals surface area contributed by atoms with Gasteiger partial charge < -0.3 is 5.32 Å². The summed E-state index contributed by atoms with van der Waals surface area (Å²) < 4.78 is 0. The third-order valence-electron chi connectivity index (χ3n) is 3.60. The number of hydrogen-bond acceptors (Lipinski definition) is 1. The zero-order chi connectivity index (χ0) is 8.39. The quantitative estimate of drug-likeness (QED) is 0.633. The fourth-order valence-electron chi connectivity index (χ4n) is 2.85. The SMILES string of the molecule is C[C@@H]1CN[C@H](C2CCCCC2)C1. The Bertz CT molecular complexity index is 135. The van der Waals surface area contributed by atoms with E-state index in [2.05, 4.69) is 12.2 Å². The van der Waals surface area contributed by atoms with Crippen LogP contribution in [0.2, 0.25) is 0 Å². The first kappa shape index (κ1) is 8.55. The Kier molecular flexibility index (Phi) is 2.69. The molecule has 2 fully saturated rings. The molecule has 2 rings (SSSR count). The average molecular weight is 167 g/mol. The van der Waals surface area contributed by atoms with Crippen LogP contribution in [0.15, 0.2) is 0 Å². The molecular formula is C11H21N. The fourth-order valence-corrected chi connectivity index (χ4v) is 2.85. The Labute approximate surface area is 75.9 Å². The third kappa shape index (κ3) is 1.82. The molecule has 0 aromatic rings. The summed E-state index contributed by atoms with van der Waals surface area (Å²) in [7, 11) is 0. The van der Waals surface area contributed by atoms with Crippen LogP contribution in [0, 0.1) is 11.8 Å². The maximum absolute atomic E-state index is 3.68. The summed E-state index contributed by atoms with van der Waals surface area (Å²) in [6, 6.07) is 0.875. The third-order valence-corrected chi connectivity index (χ3v) is 3.60. The second-order valence-electron chi connectivity index (χ2n) is 4.75. The van der Waals surface area contributed by atoms with Gasteiger partial charge in [-0.25, -0.2) is 0 Å². The monoisotopic (exact) mass is 167 g/mol. The second-order valence-corrected chi connectivity index (χ2v) is 4.75. The van der Waals surface area contributed by atoms with Crippen molar-refractivity contribution in [3.8, 4) is 0 Å². The lowest BCUT2D eigenvalue weighted by Crippen LogP contribution is -2.31. The lowest BCUT2D eigenvalue weighted by atomic mass is 9.82. The van der Waals surface area contributed by atoms with Gasteiger partial charge in [0, 0.05) is 6.04 Å². The molecule has 0 unspecified atom stereocenters. The van der Waals surface area contributed by atoms with Crippen molar-refractivity contribution >= 4 is 0 Å². The van der Waals surface area contributed by atoms with Crippen molar-refractivity contribution in [2.24, 2.45) is 11.8 Å². The minimum absolute atomic E-state index is 0.875. The first-order valence-corrected chi connectivity index (χ1v) is 5.59. The minimum atomic E-state index is 0.875. The Balaban J connectivity index is 1.83. The van der Waals surface area contributed by atoms with Gasteiger partial charge in [0.25, 0.3) is 0 Å². The van der Waals surface area contributed by atoms with Gasteiger partial charge in [0.15, 0.2) is 0 Å². The molecule has 2 aliphatic rings. The highest BCUT2D eigenvalue weighted by molar-refractivity contribution is 4.86. The smallest absolute Gasteiger partial charge is 0.00984 e. The predicted octanol–water partition coefficient (Wildman–Crippen LogP) is 2.56. The van der Waals surface area contributed by atoms with E-state index in [0.717, 1.165) is 17.9 Å². The number of nitrogens with one attached hydrogen (secondary N) is 1. The molecule has 0 spiro atoms. The Hall–Kier alpha value is -0.0400. The molecule has 2 atom stereocenters. The summed E-state index contributed by atoms with van der Waals surface area (Å²) in [5.41, 5.74) is 0. The van der Waals surface area contributed by atoms with Crippen molar-refractivity contribution in [1.29, 1.82) is 0 Å². The van der Waals surface area contributed by atoms with Crippen LogP contribution in [0.1, 0.15) is 45.4 Å². The number of hydrogen-bond donors (Lipinski definition) is 1. The van der Waals surface area contributed by atoms with Crippen LogP contribution in [0.5, 0.6) is 0 Å². The van der Waals surface area contributed by atoms with Crippen LogP contribution in [-0.4, -0.2) is 12.6 Å². The van der Waals surface area contributed by atoms with E-state index in [4.69, 9.17) is 0 Å². The van der Waals surface area contributed by atoms with Crippen molar-refractivity contribution in [3.05, 3.63) is 0 Å². The van der Waals surface area contributed by atoms with Crippen LogP contribution >= 0.6 is 0 Å². The zero-order valence-corrected chi connectivity index (χ0v) is 8.18. The fraction of sp³-hybridized carbons (Fsp3) is 1.00. The van der Waals surface area contributed by atoms with Crippen molar-refractivity contribution in [2.45, 2.75) is 51.5 Å². The summed E-state index contributed by atoms with van der Waals surface area (Å²) in [6.07, 6.45) is 8.87. The van der Waals surface area contributed by atoms with E-state index in [1.54, 1.807) is 0 Å². The van der Waals surface area contributed by atoms with E-state index in [1.165, 1.54) is 45.1 Å². The molecule has 12 heavy (non-hydrogen) atoms. The standard InChI is InChI=1S/C11H21N/c1-9-7-11(12-8-9)10-5-3-2-4-6-10/h9-12H,2-8H2,1H3/t9-,11-/m0/s1. The molecule has 0 amide bonds. The highest BCUT2D eigenvalue weighted by Crippen LogP contribution is 2.31. The van der Waals surface area contributed by atoms with Gasteiger partial charge in [-0.05, 0) is 37.6 Å². The molecule has 1 heteroatoms. The predicted molar refractivity (Wildman–Crippen MR) is 52.1 cm³/mol. The summed E-state index contributed by atoms with van der Waals surface area (Å²) in [5.74, 6) is 1.95. The maximum atomic E-state index is 3.68. The summed E-state index contributed by atoms with van der Waals surface area (Å²) in [4.78, 5) is 0. The lowest BCUT2D eigenvalue weighted by molar-refractivity contribution is 0.285. The molecule has 0 bridgehead atoms. The van der Waals surface area contributed by atoms with Crippen molar-refractivity contribution in [2.75, 3.05) is 6.54 Å². The van der Waals surface area contributed by atoms with Crippen LogP contribution < -0.4 is 5.32 Å². The molecule has 70 valence electrons. The molecule has 1 saturated carbocycles. The Morgan fingerprint density at radius 1 is 1.08 bits per heavy atom. The van der Waals surface area contributed by atoms with E-state index in [0.29, 0.717) is 0 Å².